The van der Waals surface area contributed by atoms with Gasteiger partial charge >= 0.3 is 6.36 Å². The first-order valence-electron chi connectivity index (χ1n) is 8.15. The number of benzene rings is 1. The number of alkyl halides is 3. The largest absolute Gasteiger partial charge is 0.573 e. The molecule has 1 aromatic rings. The summed E-state index contributed by atoms with van der Waals surface area (Å²) in [5, 5.41) is 0. The predicted molar refractivity (Wildman–Crippen MR) is 90.3 cm³/mol. The molecule has 1 aliphatic rings. The fourth-order valence-corrected chi connectivity index (χ4v) is 2.13. The summed E-state index contributed by atoms with van der Waals surface area (Å²) in [6.07, 6.45) is -4.64. The zero-order valence-corrected chi connectivity index (χ0v) is 15.0. The molecule has 0 bridgehead atoms. The van der Waals surface area contributed by atoms with Crippen molar-refractivity contribution >= 4 is 5.69 Å². The Kier molecular flexibility index (Phi) is 9.72. The molecular weight excluding hydrogens is 305 g/mol. The van der Waals surface area contributed by atoms with Gasteiger partial charge in [0, 0.05) is 31.9 Å². The number of hydrogen-bond acceptors (Lipinski definition) is 3. The summed E-state index contributed by atoms with van der Waals surface area (Å²) in [7, 11) is 2.06. The minimum Gasteiger partial charge on any atom is -0.406 e. The van der Waals surface area contributed by atoms with Crippen LogP contribution in [0.25, 0.3) is 0 Å². The fourth-order valence-electron chi connectivity index (χ4n) is 2.13. The Morgan fingerprint density at radius 1 is 0.957 bits per heavy atom. The highest BCUT2D eigenvalue weighted by Gasteiger charge is 2.31. The maximum absolute atomic E-state index is 12.2. The summed E-state index contributed by atoms with van der Waals surface area (Å²) in [5.74, 6) is -0.134. The number of piperazine rings is 1. The number of likely N-dealkylation sites (N-methyl/N-ethyl adjacent to an activating group) is 1. The van der Waals surface area contributed by atoms with Gasteiger partial charge in [-0.1, -0.05) is 27.7 Å². The smallest absolute Gasteiger partial charge is 0.406 e. The second-order valence-corrected chi connectivity index (χ2v) is 4.79. The molecule has 1 saturated heterocycles. The molecule has 6 heteroatoms. The van der Waals surface area contributed by atoms with Crippen molar-refractivity contribution in [1.29, 1.82) is 0 Å². The number of rotatable bonds is 2. The molecule has 23 heavy (non-hydrogen) atoms. The van der Waals surface area contributed by atoms with Gasteiger partial charge in [0.2, 0.25) is 0 Å². The lowest BCUT2D eigenvalue weighted by Gasteiger charge is -2.34. The SMILES string of the molecule is CC.CC.Cc1cc(N2CCN(C)CC2)ccc1OC(F)(F)F. The summed E-state index contributed by atoms with van der Waals surface area (Å²) in [4.78, 5) is 4.40. The van der Waals surface area contributed by atoms with E-state index in [0.717, 1.165) is 31.9 Å². The van der Waals surface area contributed by atoms with Gasteiger partial charge in [-0.05, 0) is 37.7 Å². The van der Waals surface area contributed by atoms with Crippen LogP contribution in [0, 0.1) is 6.92 Å². The van der Waals surface area contributed by atoms with Crippen LogP contribution < -0.4 is 9.64 Å². The highest BCUT2D eigenvalue weighted by atomic mass is 19.4. The van der Waals surface area contributed by atoms with Crippen LogP contribution in [-0.4, -0.2) is 44.5 Å². The third-order valence-corrected chi connectivity index (χ3v) is 3.25. The monoisotopic (exact) mass is 334 g/mol. The molecule has 0 N–H and O–H groups in total. The van der Waals surface area contributed by atoms with Crippen molar-refractivity contribution in [2.45, 2.75) is 41.0 Å². The maximum Gasteiger partial charge on any atom is 0.573 e. The van der Waals surface area contributed by atoms with Crippen molar-refractivity contribution in [3.63, 3.8) is 0 Å². The first kappa shape index (κ1) is 21.6. The lowest BCUT2D eigenvalue weighted by Crippen LogP contribution is -2.44. The average molecular weight is 334 g/mol. The molecule has 3 nitrogen and oxygen atoms in total. The van der Waals surface area contributed by atoms with Crippen LogP contribution in [-0.2, 0) is 0 Å². The van der Waals surface area contributed by atoms with Gasteiger partial charge in [-0.25, -0.2) is 0 Å². The summed E-state index contributed by atoms with van der Waals surface area (Å²) >= 11 is 0. The summed E-state index contributed by atoms with van der Waals surface area (Å²) in [6.45, 7) is 13.3. The Balaban J connectivity index is 0.00000112. The second-order valence-electron chi connectivity index (χ2n) is 4.79. The van der Waals surface area contributed by atoms with Crippen LogP contribution in [0.3, 0.4) is 0 Å². The first-order valence-corrected chi connectivity index (χ1v) is 8.15. The number of nitrogens with zero attached hydrogens (tertiary/aromatic N) is 2. The molecule has 134 valence electrons. The molecule has 1 heterocycles. The van der Waals surface area contributed by atoms with E-state index >= 15 is 0 Å². The third kappa shape index (κ3) is 7.59. The van der Waals surface area contributed by atoms with E-state index in [1.54, 1.807) is 19.1 Å². The van der Waals surface area contributed by atoms with E-state index in [9.17, 15) is 13.2 Å². The number of halogens is 3. The minimum atomic E-state index is -4.64. The van der Waals surface area contributed by atoms with Crippen LogP contribution in [0.2, 0.25) is 0 Å². The van der Waals surface area contributed by atoms with Gasteiger partial charge in [0.05, 0.1) is 0 Å². The predicted octanol–water partition coefficient (Wildman–Crippen LogP) is 4.70. The van der Waals surface area contributed by atoms with Gasteiger partial charge < -0.3 is 14.5 Å². The standard InChI is InChI=1S/C13H17F3N2O.2C2H6/c1-10-9-11(18-7-5-17(2)6-8-18)3-4-12(10)19-13(14,15)16;2*1-2/h3-4,9H,5-8H2,1-2H3;2*1-2H3. The van der Waals surface area contributed by atoms with E-state index in [1.807, 2.05) is 27.7 Å². The number of ether oxygens (including phenoxy) is 1. The Morgan fingerprint density at radius 3 is 1.91 bits per heavy atom. The normalized spacial score (nSPS) is 15.1. The maximum atomic E-state index is 12.2. The fraction of sp³-hybridized carbons (Fsp3) is 0.647. The van der Waals surface area contributed by atoms with Gasteiger partial charge in [-0.15, -0.1) is 13.2 Å². The van der Waals surface area contributed by atoms with E-state index in [4.69, 9.17) is 0 Å². The van der Waals surface area contributed by atoms with Crippen LogP contribution in [0.4, 0.5) is 18.9 Å². The summed E-state index contributed by atoms with van der Waals surface area (Å²) < 4.78 is 40.5. The van der Waals surface area contributed by atoms with E-state index in [-0.39, 0.29) is 5.75 Å². The lowest BCUT2D eigenvalue weighted by molar-refractivity contribution is -0.274. The van der Waals surface area contributed by atoms with Gasteiger partial charge in [-0.2, -0.15) is 0 Å². The van der Waals surface area contributed by atoms with Crippen molar-refractivity contribution in [3.05, 3.63) is 23.8 Å². The zero-order chi connectivity index (χ0) is 18.0. The molecule has 1 aliphatic heterocycles. The molecule has 0 saturated carbocycles. The zero-order valence-electron chi connectivity index (χ0n) is 15.0. The van der Waals surface area contributed by atoms with Crippen molar-refractivity contribution in [2.75, 3.05) is 38.1 Å². The molecule has 0 atom stereocenters. The molecule has 0 aromatic heterocycles. The summed E-state index contributed by atoms with van der Waals surface area (Å²) in [6, 6.07) is 4.81. The van der Waals surface area contributed by atoms with E-state index in [1.165, 1.54) is 6.07 Å². The molecule has 0 amide bonds. The van der Waals surface area contributed by atoms with Crippen molar-refractivity contribution in [1.82, 2.24) is 4.90 Å². The Labute approximate surface area is 138 Å². The molecular formula is C17H29F3N2O. The van der Waals surface area contributed by atoms with E-state index in [2.05, 4.69) is 21.6 Å². The van der Waals surface area contributed by atoms with E-state index in [0.29, 0.717) is 5.56 Å². The Bertz CT molecular complexity index is 442. The molecule has 1 fully saturated rings. The Hall–Kier alpha value is -1.43. The number of aryl methyl sites for hydroxylation is 1. The van der Waals surface area contributed by atoms with Crippen LogP contribution in [0.1, 0.15) is 33.3 Å². The highest BCUT2D eigenvalue weighted by Crippen LogP contribution is 2.29. The van der Waals surface area contributed by atoms with Gasteiger partial charge in [0.25, 0.3) is 0 Å². The molecule has 0 radical (unpaired) electrons. The quantitative estimate of drug-likeness (QED) is 0.780. The molecule has 1 aromatic carbocycles. The topological polar surface area (TPSA) is 15.7 Å². The van der Waals surface area contributed by atoms with Crippen molar-refractivity contribution < 1.29 is 17.9 Å². The van der Waals surface area contributed by atoms with Crippen LogP contribution in [0.5, 0.6) is 5.75 Å². The third-order valence-electron chi connectivity index (χ3n) is 3.25. The van der Waals surface area contributed by atoms with Crippen LogP contribution >= 0.6 is 0 Å². The minimum absolute atomic E-state index is 0.134. The molecule has 0 aliphatic carbocycles. The van der Waals surface area contributed by atoms with E-state index < -0.39 is 6.36 Å². The second kappa shape index (κ2) is 10.4. The molecule has 2 rings (SSSR count). The first-order chi connectivity index (χ1) is 10.8. The van der Waals surface area contributed by atoms with Crippen molar-refractivity contribution in [2.24, 2.45) is 0 Å². The molecule has 0 unspecified atom stereocenters. The average Bonchev–Trinajstić information content (AvgIpc) is 2.53. The van der Waals surface area contributed by atoms with Crippen molar-refractivity contribution in [3.8, 4) is 5.75 Å². The molecule has 0 spiro atoms. The van der Waals surface area contributed by atoms with Crippen LogP contribution in [0.15, 0.2) is 18.2 Å². The van der Waals surface area contributed by atoms with Gasteiger partial charge in [0.1, 0.15) is 5.75 Å². The Morgan fingerprint density at radius 2 is 1.48 bits per heavy atom. The number of anilines is 1. The lowest BCUT2D eigenvalue weighted by atomic mass is 10.1. The highest BCUT2D eigenvalue weighted by molar-refractivity contribution is 5.53. The van der Waals surface area contributed by atoms with Gasteiger partial charge in [-0.3, -0.25) is 0 Å². The number of hydrogen-bond donors (Lipinski definition) is 0. The van der Waals surface area contributed by atoms with Gasteiger partial charge in [0.15, 0.2) is 0 Å². The summed E-state index contributed by atoms with van der Waals surface area (Å²) in [5.41, 5.74) is 1.44.